The van der Waals surface area contributed by atoms with Gasteiger partial charge in [0.1, 0.15) is 6.61 Å². The summed E-state index contributed by atoms with van der Waals surface area (Å²) in [5.74, 6) is 0.0175. The van der Waals surface area contributed by atoms with E-state index in [1.165, 1.54) is 6.92 Å². The van der Waals surface area contributed by atoms with Crippen LogP contribution >= 0.6 is 15.9 Å². The van der Waals surface area contributed by atoms with E-state index in [9.17, 15) is 4.79 Å². The van der Waals surface area contributed by atoms with E-state index in [1.807, 2.05) is 19.1 Å². The summed E-state index contributed by atoms with van der Waals surface area (Å²) in [6.07, 6.45) is 1.53. The molecule has 0 radical (unpaired) electrons. The molecule has 0 unspecified atom stereocenters. The SMILES string of the molecule is CC(=O)CO[C@@H](C)c1ncccc1Br. The molecular weight excluding hydrogens is 246 g/mol. The van der Waals surface area contributed by atoms with Crippen LogP contribution in [-0.4, -0.2) is 17.4 Å². The van der Waals surface area contributed by atoms with Crippen LogP contribution in [0.25, 0.3) is 0 Å². The lowest BCUT2D eigenvalue weighted by Gasteiger charge is -2.12. The quantitative estimate of drug-likeness (QED) is 0.832. The zero-order chi connectivity index (χ0) is 10.6. The number of hydrogen-bond donors (Lipinski definition) is 0. The predicted octanol–water partition coefficient (Wildman–Crippen LogP) is 2.51. The fraction of sp³-hybridized carbons (Fsp3) is 0.400. The Labute approximate surface area is 91.6 Å². The van der Waals surface area contributed by atoms with E-state index in [1.54, 1.807) is 6.20 Å². The van der Waals surface area contributed by atoms with Gasteiger partial charge in [-0.25, -0.2) is 0 Å². The summed E-state index contributed by atoms with van der Waals surface area (Å²) in [7, 11) is 0. The maximum Gasteiger partial charge on any atom is 0.155 e. The molecular formula is C10H12BrNO2. The van der Waals surface area contributed by atoms with Crippen molar-refractivity contribution in [3.8, 4) is 0 Å². The van der Waals surface area contributed by atoms with E-state index in [4.69, 9.17) is 4.74 Å². The minimum Gasteiger partial charge on any atom is -0.364 e. The summed E-state index contributed by atoms with van der Waals surface area (Å²) in [6.45, 7) is 3.50. The number of ether oxygens (including phenoxy) is 1. The van der Waals surface area contributed by atoms with Crippen molar-refractivity contribution in [2.45, 2.75) is 20.0 Å². The van der Waals surface area contributed by atoms with Crippen molar-refractivity contribution in [3.63, 3.8) is 0 Å². The van der Waals surface area contributed by atoms with Gasteiger partial charge in [-0.2, -0.15) is 0 Å². The third-order valence-corrected chi connectivity index (χ3v) is 2.38. The Morgan fingerprint density at radius 1 is 1.71 bits per heavy atom. The monoisotopic (exact) mass is 257 g/mol. The molecule has 0 amide bonds. The highest BCUT2D eigenvalue weighted by atomic mass is 79.9. The van der Waals surface area contributed by atoms with Gasteiger partial charge in [-0.05, 0) is 41.9 Å². The van der Waals surface area contributed by atoms with Gasteiger partial charge in [0.25, 0.3) is 0 Å². The summed E-state index contributed by atoms with van der Waals surface area (Å²) >= 11 is 3.38. The second-order valence-electron chi connectivity index (χ2n) is 3.03. The predicted molar refractivity (Wildman–Crippen MR) is 57.0 cm³/mol. The Balaban J connectivity index is 2.65. The molecule has 0 aromatic carbocycles. The van der Waals surface area contributed by atoms with Crippen LogP contribution in [0, 0.1) is 0 Å². The molecule has 3 nitrogen and oxygen atoms in total. The normalized spacial score (nSPS) is 12.5. The standard InChI is InChI=1S/C10H12BrNO2/c1-7(13)6-14-8(2)10-9(11)4-3-5-12-10/h3-5,8H,6H2,1-2H3/t8-/m0/s1. The third kappa shape index (κ3) is 3.20. The van der Waals surface area contributed by atoms with Crippen LogP contribution in [0.5, 0.6) is 0 Å². The Morgan fingerprint density at radius 2 is 2.43 bits per heavy atom. The zero-order valence-electron chi connectivity index (χ0n) is 8.16. The highest BCUT2D eigenvalue weighted by molar-refractivity contribution is 9.10. The first-order valence-electron chi connectivity index (χ1n) is 4.32. The number of ketones is 1. The van der Waals surface area contributed by atoms with E-state index in [2.05, 4.69) is 20.9 Å². The van der Waals surface area contributed by atoms with Gasteiger partial charge in [-0.1, -0.05) is 0 Å². The number of nitrogens with zero attached hydrogens (tertiary/aromatic N) is 1. The van der Waals surface area contributed by atoms with Gasteiger partial charge in [-0.3, -0.25) is 9.78 Å². The van der Waals surface area contributed by atoms with Gasteiger partial charge >= 0.3 is 0 Å². The first-order chi connectivity index (χ1) is 6.61. The number of aromatic nitrogens is 1. The number of pyridine rings is 1. The Bertz CT molecular complexity index is 328. The van der Waals surface area contributed by atoms with Crippen LogP contribution < -0.4 is 0 Å². The van der Waals surface area contributed by atoms with Crippen molar-refractivity contribution < 1.29 is 9.53 Å². The van der Waals surface area contributed by atoms with Gasteiger partial charge in [0.15, 0.2) is 5.78 Å². The molecule has 0 saturated heterocycles. The van der Waals surface area contributed by atoms with Crippen LogP contribution in [-0.2, 0) is 9.53 Å². The molecule has 0 saturated carbocycles. The maximum absolute atomic E-state index is 10.7. The molecule has 0 fully saturated rings. The zero-order valence-corrected chi connectivity index (χ0v) is 9.74. The van der Waals surface area contributed by atoms with Crippen molar-refractivity contribution in [1.29, 1.82) is 0 Å². The molecule has 1 heterocycles. The Kier molecular flexibility index (Phi) is 4.22. The highest BCUT2D eigenvalue weighted by Crippen LogP contribution is 2.22. The Morgan fingerprint density at radius 3 is 3.00 bits per heavy atom. The molecule has 14 heavy (non-hydrogen) atoms. The molecule has 0 aliphatic heterocycles. The Hall–Kier alpha value is -0.740. The van der Waals surface area contributed by atoms with Gasteiger partial charge in [0, 0.05) is 10.7 Å². The minimum absolute atomic E-state index is 0.0175. The van der Waals surface area contributed by atoms with Crippen LogP contribution in [0.1, 0.15) is 25.6 Å². The largest absolute Gasteiger partial charge is 0.364 e. The van der Waals surface area contributed by atoms with Crippen molar-refractivity contribution in [3.05, 3.63) is 28.5 Å². The number of hydrogen-bond acceptors (Lipinski definition) is 3. The van der Waals surface area contributed by atoms with E-state index < -0.39 is 0 Å². The summed E-state index contributed by atoms with van der Waals surface area (Å²) in [5.41, 5.74) is 0.814. The smallest absolute Gasteiger partial charge is 0.155 e. The number of halogens is 1. The van der Waals surface area contributed by atoms with Crippen molar-refractivity contribution >= 4 is 21.7 Å². The summed E-state index contributed by atoms with van der Waals surface area (Å²) < 4.78 is 6.23. The first kappa shape index (κ1) is 11.3. The summed E-state index contributed by atoms with van der Waals surface area (Å²) in [5, 5.41) is 0. The lowest BCUT2D eigenvalue weighted by molar-refractivity contribution is -0.123. The first-order valence-corrected chi connectivity index (χ1v) is 5.12. The molecule has 1 atom stereocenters. The van der Waals surface area contributed by atoms with Gasteiger partial charge in [0.05, 0.1) is 11.8 Å². The number of carbonyl (C=O) groups is 1. The number of carbonyl (C=O) groups excluding carboxylic acids is 1. The second-order valence-corrected chi connectivity index (χ2v) is 3.88. The van der Waals surface area contributed by atoms with Gasteiger partial charge < -0.3 is 4.74 Å². The minimum atomic E-state index is -0.172. The van der Waals surface area contributed by atoms with Gasteiger partial charge in [0.2, 0.25) is 0 Å². The van der Waals surface area contributed by atoms with E-state index in [0.29, 0.717) is 0 Å². The van der Waals surface area contributed by atoms with E-state index in [0.717, 1.165) is 10.2 Å². The molecule has 0 aliphatic rings. The maximum atomic E-state index is 10.7. The number of Topliss-reactive ketones (excluding diaryl/α,β-unsaturated/α-hetero) is 1. The molecule has 0 bridgehead atoms. The summed E-state index contributed by atoms with van der Waals surface area (Å²) in [6, 6.07) is 3.74. The van der Waals surface area contributed by atoms with Crippen molar-refractivity contribution in [2.75, 3.05) is 6.61 Å². The summed E-state index contributed by atoms with van der Waals surface area (Å²) in [4.78, 5) is 14.9. The third-order valence-electron chi connectivity index (χ3n) is 1.71. The molecule has 0 aliphatic carbocycles. The van der Waals surface area contributed by atoms with E-state index in [-0.39, 0.29) is 18.5 Å². The molecule has 0 N–H and O–H groups in total. The molecule has 1 aromatic rings. The average molecular weight is 258 g/mol. The molecule has 4 heteroatoms. The van der Waals surface area contributed by atoms with Crippen LogP contribution in [0.2, 0.25) is 0 Å². The van der Waals surface area contributed by atoms with Crippen LogP contribution in [0.3, 0.4) is 0 Å². The number of rotatable bonds is 4. The van der Waals surface area contributed by atoms with Gasteiger partial charge in [-0.15, -0.1) is 0 Å². The topological polar surface area (TPSA) is 39.2 Å². The molecule has 1 rings (SSSR count). The van der Waals surface area contributed by atoms with Crippen molar-refractivity contribution in [1.82, 2.24) is 4.98 Å². The molecule has 76 valence electrons. The second kappa shape index (κ2) is 5.22. The van der Waals surface area contributed by atoms with E-state index >= 15 is 0 Å². The van der Waals surface area contributed by atoms with Crippen LogP contribution in [0.15, 0.2) is 22.8 Å². The molecule has 0 spiro atoms. The lowest BCUT2D eigenvalue weighted by atomic mass is 10.2. The highest BCUT2D eigenvalue weighted by Gasteiger charge is 2.11. The fourth-order valence-corrected chi connectivity index (χ4v) is 1.60. The molecule has 1 aromatic heterocycles. The fourth-order valence-electron chi connectivity index (χ4n) is 1.02. The van der Waals surface area contributed by atoms with Crippen molar-refractivity contribution in [2.24, 2.45) is 0 Å². The lowest BCUT2D eigenvalue weighted by Crippen LogP contribution is -2.09. The van der Waals surface area contributed by atoms with Crippen LogP contribution in [0.4, 0.5) is 0 Å². The average Bonchev–Trinajstić information content (AvgIpc) is 2.15.